The van der Waals surface area contributed by atoms with Crippen LogP contribution in [0.4, 0.5) is 10.1 Å². The Labute approximate surface area is 134 Å². The smallest absolute Gasteiger partial charge is 0.228 e. The Balaban J connectivity index is 2.18. The van der Waals surface area contributed by atoms with Gasteiger partial charge in [-0.3, -0.25) is 9.78 Å². The summed E-state index contributed by atoms with van der Waals surface area (Å²) in [7, 11) is 0. The van der Waals surface area contributed by atoms with E-state index in [4.69, 9.17) is 0 Å². The first-order chi connectivity index (χ1) is 10.0. The zero-order valence-corrected chi connectivity index (χ0v) is 13.9. The Hall–Kier alpha value is -1.41. The molecule has 0 aliphatic rings. The lowest BCUT2D eigenvalue weighted by molar-refractivity contribution is -0.118. The molecule has 0 aliphatic heterocycles. The molecule has 2 rings (SSSR count). The second kappa shape index (κ2) is 7.04. The molecule has 0 saturated heterocycles. The molecule has 0 bridgehead atoms. The van der Waals surface area contributed by atoms with Crippen molar-refractivity contribution in [1.29, 1.82) is 0 Å². The van der Waals surface area contributed by atoms with Crippen LogP contribution in [0.2, 0.25) is 0 Å². The Morgan fingerprint density at radius 3 is 3.00 bits per heavy atom. The third-order valence-corrected chi connectivity index (χ3v) is 4.17. The van der Waals surface area contributed by atoms with Gasteiger partial charge in [-0.2, -0.15) is 16.9 Å². The molecule has 0 unspecified atom stereocenters. The molecule has 5 nitrogen and oxygen atoms in total. The summed E-state index contributed by atoms with van der Waals surface area (Å²) in [6.07, 6.45) is 6.18. The topological polar surface area (TPSA) is 59.8 Å². The van der Waals surface area contributed by atoms with E-state index in [0.29, 0.717) is 16.0 Å². The number of hydrogen-bond acceptors (Lipinski definition) is 4. The maximum Gasteiger partial charge on any atom is 0.228 e. The highest BCUT2D eigenvalue weighted by Crippen LogP contribution is 2.23. The minimum Gasteiger partial charge on any atom is -0.322 e. The van der Waals surface area contributed by atoms with E-state index < -0.39 is 5.82 Å². The summed E-state index contributed by atoms with van der Waals surface area (Å²) >= 11 is 4.90. The highest BCUT2D eigenvalue weighted by Gasteiger charge is 2.16. The van der Waals surface area contributed by atoms with Crippen LogP contribution in [0, 0.1) is 11.7 Å². The standard InChI is InChI=1S/C13H14BrFN4OS/c1-8(7-21-2)13(20)17-11-6-19(18-12(11)14)10-3-9(15)4-16-5-10/h3-6,8H,7H2,1-2H3,(H,17,20)/t8-/m0/s1. The molecule has 1 atom stereocenters. The summed E-state index contributed by atoms with van der Waals surface area (Å²) in [5.74, 6) is 0.108. The molecule has 8 heteroatoms. The molecule has 2 aromatic heterocycles. The predicted molar refractivity (Wildman–Crippen MR) is 85.2 cm³/mol. The molecular weight excluding hydrogens is 359 g/mol. The number of thioether (sulfide) groups is 1. The van der Waals surface area contributed by atoms with Gasteiger partial charge in [0.1, 0.15) is 5.82 Å². The van der Waals surface area contributed by atoms with Gasteiger partial charge in [0.25, 0.3) is 0 Å². The lowest BCUT2D eigenvalue weighted by atomic mass is 10.2. The van der Waals surface area contributed by atoms with Crippen LogP contribution in [-0.4, -0.2) is 32.7 Å². The van der Waals surface area contributed by atoms with E-state index in [2.05, 4.69) is 31.3 Å². The van der Waals surface area contributed by atoms with Crippen LogP contribution in [0.1, 0.15) is 6.92 Å². The molecule has 0 fully saturated rings. The third kappa shape index (κ3) is 4.04. The van der Waals surface area contributed by atoms with Crippen LogP contribution < -0.4 is 5.32 Å². The minimum atomic E-state index is -0.446. The van der Waals surface area contributed by atoms with E-state index in [1.807, 2.05) is 13.2 Å². The second-order valence-electron chi connectivity index (χ2n) is 4.49. The van der Waals surface area contributed by atoms with Crippen molar-refractivity contribution in [3.05, 3.63) is 35.1 Å². The first-order valence-electron chi connectivity index (χ1n) is 6.17. The number of amides is 1. The number of pyridine rings is 1. The fraction of sp³-hybridized carbons (Fsp3) is 0.308. The summed E-state index contributed by atoms with van der Waals surface area (Å²) < 4.78 is 15.1. The molecule has 0 aromatic carbocycles. The third-order valence-electron chi connectivity index (χ3n) is 2.75. The Kier molecular flexibility index (Phi) is 5.35. The molecule has 21 heavy (non-hydrogen) atoms. The van der Waals surface area contributed by atoms with Crippen LogP contribution in [-0.2, 0) is 4.79 Å². The number of carbonyl (C=O) groups is 1. The largest absolute Gasteiger partial charge is 0.322 e. The summed E-state index contributed by atoms with van der Waals surface area (Å²) in [5.41, 5.74) is 1.02. The fourth-order valence-electron chi connectivity index (χ4n) is 1.68. The fourth-order valence-corrected chi connectivity index (χ4v) is 2.70. The maximum atomic E-state index is 13.2. The number of halogens is 2. The van der Waals surface area contributed by atoms with Gasteiger partial charge in [0.15, 0.2) is 4.60 Å². The lowest BCUT2D eigenvalue weighted by Gasteiger charge is -2.09. The first kappa shape index (κ1) is 16.0. The zero-order valence-electron chi connectivity index (χ0n) is 11.5. The van der Waals surface area contributed by atoms with Crippen molar-refractivity contribution in [3.63, 3.8) is 0 Å². The zero-order chi connectivity index (χ0) is 15.4. The molecule has 1 amide bonds. The second-order valence-corrected chi connectivity index (χ2v) is 6.15. The van der Waals surface area contributed by atoms with E-state index in [-0.39, 0.29) is 11.8 Å². The summed E-state index contributed by atoms with van der Waals surface area (Å²) in [4.78, 5) is 15.8. The summed E-state index contributed by atoms with van der Waals surface area (Å²) in [6.45, 7) is 1.86. The van der Waals surface area contributed by atoms with Crippen molar-refractivity contribution in [2.24, 2.45) is 5.92 Å². The first-order valence-corrected chi connectivity index (χ1v) is 8.36. The van der Waals surface area contributed by atoms with Crippen LogP contribution >= 0.6 is 27.7 Å². The Morgan fingerprint density at radius 2 is 2.33 bits per heavy atom. The van der Waals surface area contributed by atoms with Crippen molar-refractivity contribution >= 4 is 39.3 Å². The van der Waals surface area contributed by atoms with E-state index in [0.717, 1.165) is 11.9 Å². The monoisotopic (exact) mass is 372 g/mol. The average Bonchev–Trinajstić information content (AvgIpc) is 2.80. The average molecular weight is 373 g/mol. The van der Waals surface area contributed by atoms with E-state index >= 15 is 0 Å². The SMILES string of the molecule is CSC[C@H](C)C(=O)Nc1cn(-c2cncc(F)c2)nc1Br. The number of hydrogen-bond donors (Lipinski definition) is 1. The van der Waals surface area contributed by atoms with Gasteiger partial charge in [0.2, 0.25) is 5.91 Å². The molecule has 112 valence electrons. The summed E-state index contributed by atoms with van der Waals surface area (Å²) in [6, 6.07) is 1.31. The van der Waals surface area contributed by atoms with Crippen LogP contribution in [0.15, 0.2) is 29.3 Å². The Bertz CT molecular complexity index is 649. The minimum absolute atomic E-state index is 0.0815. The number of aromatic nitrogens is 3. The van der Waals surface area contributed by atoms with Crippen molar-refractivity contribution in [1.82, 2.24) is 14.8 Å². The highest BCUT2D eigenvalue weighted by molar-refractivity contribution is 9.10. The van der Waals surface area contributed by atoms with Gasteiger partial charge in [-0.05, 0) is 22.2 Å². The summed E-state index contributed by atoms with van der Waals surface area (Å²) in [5, 5.41) is 6.99. The number of rotatable bonds is 5. The molecule has 0 aliphatic carbocycles. The molecule has 0 radical (unpaired) electrons. The number of nitrogens with zero attached hydrogens (tertiary/aromatic N) is 3. The van der Waals surface area contributed by atoms with E-state index in [9.17, 15) is 9.18 Å². The van der Waals surface area contributed by atoms with E-state index in [1.165, 1.54) is 16.9 Å². The maximum absolute atomic E-state index is 13.2. The predicted octanol–water partition coefficient (Wildman–Crippen LogP) is 3.11. The van der Waals surface area contributed by atoms with Crippen molar-refractivity contribution in [2.75, 3.05) is 17.3 Å². The van der Waals surface area contributed by atoms with Crippen LogP contribution in [0.25, 0.3) is 5.69 Å². The van der Waals surface area contributed by atoms with Gasteiger partial charge in [0, 0.05) is 17.7 Å². The van der Waals surface area contributed by atoms with Gasteiger partial charge in [0.05, 0.1) is 30.0 Å². The molecule has 2 heterocycles. The van der Waals surface area contributed by atoms with Crippen molar-refractivity contribution in [2.45, 2.75) is 6.92 Å². The van der Waals surface area contributed by atoms with Crippen LogP contribution in [0.3, 0.4) is 0 Å². The van der Waals surface area contributed by atoms with Gasteiger partial charge in [-0.1, -0.05) is 6.92 Å². The quantitative estimate of drug-likeness (QED) is 0.875. The highest BCUT2D eigenvalue weighted by atomic mass is 79.9. The number of carbonyl (C=O) groups excluding carboxylic acids is 1. The van der Waals surface area contributed by atoms with Crippen molar-refractivity contribution < 1.29 is 9.18 Å². The van der Waals surface area contributed by atoms with Gasteiger partial charge in [-0.25, -0.2) is 9.07 Å². The van der Waals surface area contributed by atoms with Crippen LogP contribution in [0.5, 0.6) is 0 Å². The molecule has 1 N–H and O–H groups in total. The van der Waals surface area contributed by atoms with Crippen molar-refractivity contribution in [3.8, 4) is 5.69 Å². The molecular formula is C13H14BrFN4OS. The van der Waals surface area contributed by atoms with Gasteiger partial charge in [-0.15, -0.1) is 0 Å². The van der Waals surface area contributed by atoms with Gasteiger partial charge >= 0.3 is 0 Å². The molecule has 0 spiro atoms. The van der Waals surface area contributed by atoms with E-state index in [1.54, 1.807) is 18.0 Å². The number of anilines is 1. The molecule has 2 aromatic rings. The lowest BCUT2D eigenvalue weighted by Crippen LogP contribution is -2.22. The number of nitrogens with one attached hydrogen (secondary N) is 1. The van der Waals surface area contributed by atoms with Gasteiger partial charge < -0.3 is 5.32 Å². The normalized spacial score (nSPS) is 12.2. The Morgan fingerprint density at radius 1 is 1.57 bits per heavy atom. The molecule has 0 saturated carbocycles.